The molecule has 234 valence electrons. The maximum Gasteiger partial charge on any atom is 0.226 e. The lowest BCUT2D eigenvalue weighted by Crippen LogP contribution is -2.51. The number of Topliss-reactive ketones (excluding diaryl/α,β-unsaturated/α-hetero) is 1. The fourth-order valence-electron chi connectivity index (χ4n) is 7.30. The van der Waals surface area contributed by atoms with Crippen molar-refractivity contribution >= 4 is 29.8 Å². The van der Waals surface area contributed by atoms with E-state index in [2.05, 4.69) is 37.0 Å². The highest BCUT2D eigenvalue weighted by Gasteiger charge is 2.42. The highest BCUT2D eigenvalue weighted by Crippen LogP contribution is 2.40. The van der Waals surface area contributed by atoms with Crippen molar-refractivity contribution in [1.82, 2.24) is 19.8 Å². The van der Waals surface area contributed by atoms with Crippen LogP contribution in [0.4, 0.5) is 0 Å². The number of hydrogen-bond acceptors (Lipinski definition) is 8. The number of aromatic nitrogens is 2. The maximum absolute atomic E-state index is 14.1. The highest BCUT2D eigenvalue weighted by molar-refractivity contribution is 6.40. The molecule has 9 nitrogen and oxygen atoms in total. The first-order valence-electron chi connectivity index (χ1n) is 16.1. The van der Waals surface area contributed by atoms with Crippen molar-refractivity contribution in [2.45, 2.75) is 50.7 Å². The minimum atomic E-state index is -1.03. The van der Waals surface area contributed by atoms with Gasteiger partial charge < -0.3 is 10.0 Å². The molecule has 2 fully saturated rings. The second-order valence-corrected chi connectivity index (χ2v) is 12.8. The second-order valence-electron chi connectivity index (χ2n) is 12.8. The van der Waals surface area contributed by atoms with Gasteiger partial charge in [-0.05, 0) is 49.9 Å². The number of hydrogen-bond donors (Lipinski definition) is 1. The maximum atomic E-state index is 14.1. The molecule has 3 aromatic rings. The number of carbonyl (C=O) groups excluding carboxylic acids is 2. The summed E-state index contributed by atoms with van der Waals surface area (Å²) in [5.41, 5.74) is 4.52. The van der Waals surface area contributed by atoms with Gasteiger partial charge in [-0.3, -0.25) is 19.5 Å². The summed E-state index contributed by atoms with van der Waals surface area (Å²) in [5.74, 6) is 0.668. The molecule has 0 aliphatic carbocycles. The number of aryl methyl sites for hydroxylation is 1. The van der Waals surface area contributed by atoms with Gasteiger partial charge in [0.15, 0.2) is 0 Å². The number of aliphatic hydroxyl groups is 1. The van der Waals surface area contributed by atoms with Gasteiger partial charge in [-0.2, -0.15) is 0 Å². The van der Waals surface area contributed by atoms with Gasteiger partial charge in [0.2, 0.25) is 11.7 Å². The molecule has 2 aromatic carbocycles. The Balaban J connectivity index is 1.04. The topological polar surface area (TPSA) is 111 Å². The number of rotatable bonds is 7. The molecule has 2 saturated heterocycles. The monoisotopic (exact) mass is 614 g/mol. The lowest BCUT2D eigenvalue weighted by atomic mass is 9.78. The molecule has 0 spiro atoms. The van der Waals surface area contributed by atoms with Gasteiger partial charge >= 0.3 is 0 Å². The van der Waals surface area contributed by atoms with E-state index >= 15 is 0 Å². The van der Waals surface area contributed by atoms with Crippen LogP contribution in [-0.2, 0) is 16.1 Å². The standard InChI is InChI=1S/C37H38N6O3/c1-25-38-16-12-29(41-25)23-42-17-13-30(31(24-42)26-8-4-2-5-9-26)36(45)43-18-14-37(46,15-19-43)20-28-21-39-35-33(28)32(44)22-40-34(35)27-10-6-3-7-11-27/h2-12,16,21-22,30-31,46H,13-15,17-20,23-24H2,1H3/t30-,31+/m1/s1. The molecule has 4 aliphatic rings. The molecule has 1 amide bonds. The van der Waals surface area contributed by atoms with Gasteiger partial charge in [-0.25, -0.2) is 15.0 Å². The average Bonchev–Trinajstić information content (AvgIpc) is 3.49. The third-order valence-electron chi connectivity index (χ3n) is 9.72. The average molecular weight is 615 g/mol. The van der Waals surface area contributed by atoms with E-state index < -0.39 is 5.60 Å². The van der Waals surface area contributed by atoms with Gasteiger partial charge in [0.05, 0.1) is 28.8 Å². The SMILES string of the molecule is Cc1nccc(CN2CC[C@@H](C(=O)N3CCC(O)(CC4=C5C(=O)C=NC(c6ccccc6)=C5N=C4)CC3)[C@H](c3ccccc3)C2)n1. The van der Waals surface area contributed by atoms with Crippen LogP contribution in [0.25, 0.3) is 5.70 Å². The Morgan fingerprint density at radius 3 is 2.39 bits per heavy atom. The summed E-state index contributed by atoms with van der Waals surface area (Å²) in [7, 11) is 0. The summed E-state index contributed by atoms with van der Waals surface area (Å²) >= 11 is 0. The number of allylic oxidation sites excluding steroid dienone is 1. The summed E-state index contributed by atoms with van der Waals surface area (Å²) < 4.78 is 0. The Kier molecular flexibility index (Phi) is 8.27. The third kappa shape index (κ3) is 6.12. The summed E-state index contributed by atoms with van der Waals surface area (Å²) in [4.78, 5) is 49.2. The number of ketones is 1. The molecule has 0 bridgehead atoms. The fraction of sp³-hybridized carbons (Fsp3) is 0.351. The molecular formula is C37H38N6O3. The zero-order valence-electron chi connectivity index (χ0n) is 26.0. The van der Waals surface area contributed by atoms with Crippen LogP contribution in [0.15, 0.2) is 99.8 Å². The van der Waals surface area contributed by atoms with E-state index in [-0.39, 0.29) is 23.5 Å². The molecule has 1 aromatic heterocycles. The van der Waals surface area contributed by atoms with E-state index in [0.29, 0.717) is 49.3 Å². The molecule has 0 radical (unpaired) electrons. The zero-order valence-corrected chi connectivity index (χ0v) is 26.0. The summed E-state index contributed by atoms with van der Waals surface area (Å²) in [5, 5.41) is 11.7. The first kappa shape index (κ1) is 30.1. The molecule has 4 aliphatic heterocycles. The van der Waals surface area contributed by atoms with Crippen LogP contribution in [0.3, 0.4) is 0 Å². The van der Waals surface area contributed by atoms with Gasteiger partial charge in [-0.15, -0.1) is 0 Å². The molecule has 46 heavy (non-hydrogen) atoms. The minimum Gasteiger partial charge on any atom is -0.389 e. The number of nitrogens with zero attached hydrogens (tertiary/aromatic N) is 6. The number of aliphatic imine (C=N–C) groups is 2. The fourth-order valence-corrected chi connectivity index (χ4v) is 7.30. The smallest absolute Gasteiger partial charge is 0.226 e. The van der Waals surface area contributed by atoms with E-state index in [0.717, 1.165) is 48.7 Å². The van der Waals surface area contributed by atoms with Crippen molar-refractivity contribution in [2.24, 2.45) is 15.9 Å². The minimum absolute atomic E-state index is 0.0656. The first-order chi connectivity index (χ1) is 22.4. The largest absolute Gasteiger partial charge is 0.389 e. The van der Waals surface area contributed by atoms with Gasteiger partial charge in [0.25, 0.3) is 0 Å². The predicted molar refractivity (Wildman–Crippen MR) is 177 cm³/mol. The lowest BCUT2D eigenvalue weighted by molar-refractivity contribution is -0.142. The van der Waals surface area contributed by atoms with Crippen molar-refractivity contribution in [2.75, 3.05) is 26.2 Å². The molecule has 2 atom stereocenters. The van der Waals surface area contributed by atoms with Crippen LogP contribution in [-0.4, -0.2) is 80.8 Å². The molecule has 0 unspecified atom stereocenters. The van der Waals surface area contributed by atoms with Crippen LogP contribution in [0, 0.1) is 12.8 Å². The van der Waals surface area contributed by atoms with Crippen molar-refractivity contribution in [3.63, 3.8) is 0 Å². The Morgan fingerprint density at radius 1 is 0.935 bits per heavy atom. The molecule has 9 heteroatoms. The van der Waals surface area contributed by atoms with Crippen LogP contribution >= 0.6 is 0 Å². The highest BCUT2D eigenvalue weighted by atomic mass is 16.3. The van der Waals surface area contributed by atoms with Gasteiger partial charge in [0, 0.05) is 62.4 Å². The van der Waals surface area contributed by atoms with Crippen molar-refractivity contribution in [1.29, 1.82) is 0 Å². The van der Waals surface area contributed by atoms with Crippen LogP contribution in [0.5, 0.6) is 0 Å². The molecular weight excluding hydrogens is 576 g/mol. The Hall–Kier alpha value is -4.60. The zero-order chi connectivity index (χ0) is 31.7. The second kappa shape index (κ2) is 12.7. The van der Waals surface area contributed by atoms with E-state index in [1.807, 2.05) is 66.4 Å². The number of piperidine rings is 2. The normalized spacial score (nSPS) is 22.8. The number of fused-ring (bicyclic) bond motifs is 1. The number of benzene rings is 2. The van der Waals surface area contributed by atoms with E-state index in [1.54, 1.807) is 12.4 Å². The van der Waals surface area contributed by atoms with Crippen LogP contribution in [0.1, 0.15) is 54.2 Å². The van der Waals surface area contributed by atoms with E-state index in [4.69, 9.17) is 0 Å². The Morgan fingerprint density at radius 2 is 1.65 bits per heavy atom. The summed E-state index contributed by atoms with van der Waals surface area (Å²) in [6, 6.07) is 22.0. The Bertz CT molecular complexity index is 1760. The predicted octanol–water partition coefficient (Wildman–Crippen LogP) is 4.54. The lowest BCUT2D eigenvalue weighted by Gasteiger charge is -2.43. The molecule has 7 rings (SSSR count). The first-order valence-corrected chi connectivity index (χ1v) is 16.1. The van der Waals surface area contributed by atoms with Gasteiger partial charge in [-0.1, -0.05) is 60.7 Å². The number of amides is 1. The van der Waals surface area contributed by atoms with Crippen LogP contribution in [0.2, 0.25) is 0 Å². The summed E-state index contributed by atoms with van der Waals surface area (Å²) in [6.07, 6.45) is 6.82. The molecule has 0 saturated carbocycles. The molecule has 1 N–H and O–H groups in total. The molecule has 5 heterocycles. The third-order valence-corrected chi connectivity index (χ3v) is 9.72. The summed E-state index contributed by atoms with van der Waals surface area (Å²) in [6.45, 7) is 5.17. The van der Waals surface area contributed by atoms with Gasteiger partial charge in [0.1, 0.15) is 11.5 Å². The van der Waals surface area contributed by atoms with E-state index in [9.17, 15) is 14.7 Å². The van der Waals surface area contributed by atoms with Crippen molar-refractivity contribution in [3.05, 3.63) is 112 Å². The van der Waals surface area contributed by atoms with Crippen molar-refractivity contribution < 1.29 is 14.7 Å². The van der Waals surface area contributed by atoms with Crippen LogP contribution < -0.4 is 0 Å². The number of likely N-dealkylation sites (tertiary alicyclic amines) is 2. The quantitative estimate of drug-likeness (QED) is 0.419. The van der Waals surface area contributed by atoms with E-state index in [1.165, 1.54) is 11.8 Å². The van der Waals surface area contributed by atoms with Crippen molar-refractivity contribution in [3.8, 4) is 0 Å². The number of carbonyl (C=O) groups is 2. The Labute approximate surface area is 269 Å².